The molecule has 0 amide bonds. The zero-order chi connectivity index (χ0) is 15.3. The van der Waals surface area contributed by atoms with E-state index in [4.69, 9.17) is 15.2 Å². The van der Waals surface area contributed by atoms with Crippen LogP contribution < -0.4 is 11.1 Å². The fraction of sp³-hybridized carbons (Fsp3) is 0.938. The van der Waals surface area contributed by atoms with Crippen molar-refractivity contribution in [3.63, 3.8) is 0 Å². The van der Waals surface area contributed by atoms with Gasteiger partial charge in [-0.05, 0) is 31.1 Å². The van der Waals surface area contributed by atoms with Crippen molar-refractivity contribution in [2.75, 3.05) is 19.7 Å². The van der Waals surface area contributed by atoms with Crippen LogP contribution in [0, 0.1) is 11.8 Å². The van der Waals surface area contributed by atoms with E-state index in [1.54, 1.807) is 0 Å². The van der Waals surface area contributed by atoms with Crippen molar-refractivity contribution in [3.05, 3.63) is 0 Å². The van der Waals surface area contributed by atoms with Gasteiger partial charge in [-0.25, -0.2) is 0 Å². The lowest BCUT2D eigenvalue weighted by Crippen LogP contribution is -2.36. The van der Waals surface area contributed by atoms with Crippen LogP contribution in [-0.2, 0) is 9.47 Å². The van der Waals surface area contributed by atoms with Crippen LogP contribution in [0.15, 0.2) is 4.99 Å². The summed E-state index contributed by atoms with van der Waals surface area (Å²) in [7, 11) is 0. The topological polar surface area (TPSA) is 68.9 Å². The van der Waals surface area contributed by atoms with E-state index in [0.29, 0.717) is 25.0 Å². The highest BCUT2D eigenvalue weighted by Crippen LogP contribution is 2.39. The molecule has 3 N–H and O–H groups in total. The monoisotopic (exact) mass is 425 g/mol. The first-order chi connectivity index (χ1) is 9.99. The van der Waals surface area contributed by atoms with E-state index in [2.05, 4.69) is 31.1 Å². The van der Waals surface area contributed by atoms with Gasteiger partial charge in [-0.2, -0.15) is 0 Å². The molecule has 0 aromatic heterocycles. The largest absolute Gasteiger partial charge is 0.370 e. The number of nitrogens with one attached hydrogen (secondary N) is 1. The molecule has 1 saturated heterocycles. The molecule has 1 saturated carbocycles. The Morgan fingerprint density at radius 1 is 1.36 bits per heavy atom. The molecule has 2 rings (SSSR count). The van der Waals surface area contributed by atoms with Gasteiger partial charge in [-0.1, -0.05) is 20.8 Å². The summed E-state index contributed by atoms with van der Waals surface area (Å²) in [6.45, 7) is 8.78. The van der Waals surface area contributed by atoms with Gasteiger partial charge < -0.3 is 20.5 Å². The van der Waals surface area contributed by atoms with Gasteiger partial charge in [0.05, 0.1) is 13.2 Å². The predicted octanol–water partition coefficient (Wildman–Crippen LogP) is 2.88. The van der Waals surface area contributed by atoms with E-state index < -0.39 is 0 Å². The first-order valence-corrected chi connectivity index (χ1v) is 8.35. The van der Waals surface area contributed by atoms with Gasteiger partial charge in [-0.3, -0.25) is 4.99 Å². The highest BCUT2D eigenvalue weighted by Gasteiger charge is 2.43. The van der Waals surface area contributed by atoms with Crippen molar-refractivity contribution in [2.45, 2.75) is 64.8 Å². The van der Waals surface area contributed by atoms with Crippen molar-refractivity contribution >= 4 is 29.9 Å². The smallest absolute Gasteiger partial charge is 0.188 e. The first-order valence-electron chi connectivity index (χ1n) is 8.35. The van der Waals surface area contributed by atoms with Crippen molar-refractivity contribution < 1.29 is 9.47 Å². The van der Waals surface area contributed by atoms with E-state index >= 15 is 0 Å². The Morgan fingerprint density at radius 3 is 2.68 bits per heavy atom. The minimum Gasteiger partial charge on any atom is -0.370 e. The van der Waals surface area contributed by atoms with Crippen LogP contribution in [-0.4, -0.2) is 37.5 Å². The predicted molar refractivity (Wildman–Crippen MR) is 101 cm³/mol. The third-order valence-corrected chi connectivity index (χ3v) is 4.44. The van der Waals surface area contributed by atoms with Gasteiger partial charge in [0.2, 0.25) is 0 Å². The number of rotatable bonds is 5. The van der Waals surface area contributed by atoms with Crippen LogP contribution in [0.2, 0.25) is 0 Å². The Hall–Kier alpha value is -0.0800. The molecule has 6 heteroatoms. The second-order valence-electron chi connectivity index (χ2n) is 6.98. The summed E-state index contributed by atoms with van der Waals surface area (Å²) in [6, 6.07) is 0. The van der Waals surface area contributed by atoms with Gasteiger partial charge in [0.15, 0.2) is 11.7 Å². The number of nitrogens with zero attached hydrogens (tertiary/aromatic N) is 1. The Labute approximate surface area is 151 Å². The van der Waals surface area contributed by atoms with Gasteiger partial charge in [0.25, 0.3) is 0 Å². The molecule has 2 fully saturated rings. The lowest BCUT2D eigenvalue weighted by Gasteiger charge is -2.34. The maximum Gasteiger partial charge on any atom is 0.188 e. The van der Waals surface area contributed by atoms with Crippen molar-refractivity contribution in [1.82, 2.24) is 5.32 Å². The number of guanidine groups is 1. The van der Waals surface area contributed by atoms with Crippen LogP contribution in [0.5, 0.6) is 0 Å². The molecule has 1 unspecified atom stereocenters. The minimum atomic E-state index is -0.327. The van der Waals surface area contributed by atoms with E-state index in [1.807, 2.05) is 0 Å². The number of hydrogen-bond donors (Lipinski definition) is 2. The Morgan fingerprint density at radius 2 is 2.05 bits per heavy atom. The lowest BCUT2D eigenvalue weighted by atomic mass is 9.86. The molecule has 22 heavy (non-hydrogen) atoms. The fourth-order valence-corrected chi connectivity index (χ4v) is 2.92. The molecule has 5 nitrogen and oxygen atoms in total. The molecular formula is C16H32IN3O2. The first kappa shape index (κ1) is 20.0. The summed E-state index contributed by atoms with van der Waals surface area (Å²) >= 11 is 0. The van der Waals surface area contributed by atoms with Crippen molar-refractivity contribution in [2.24, 2.45) is 22.6 Å². The third-order valence-electron chi connectivity index (χ3n) is 4.44. The van der Waals surface area contributed by atoms with Crippen molar-refractivity contribution in [1.29, 1.82) is 0 Å². The number of hydrogen-bond acceptors (Lipinski definition) is 3. The fourth-order valence-electron chi connectivity index (χ4n) is 2.92. The number of ether oxygens (including phenoxy) is 2. The molecule has 0 aromatic carbocycles. The van der Waals surface area contributed by atoms with E-state index in [0.717, 1.165) is 31.7 Å². The van der Waals surface area contributed by atoms with Gasteiger partial charge in [0.1, 0.15) is 6.10 Å². The maximum absolute atomic E-state index is 6.12. The molecular weight excluding hydrogens is 393 g/mol. The maximum atomic E-state index is 6.12. The molecule has 1 aliphatic heterocycles. The molecule has 1 heterocycles. The molecule has 0 radical (unpaired) electrons. The Kier molecular flexibility index (Phi) is 8.42. The third kappa shape index (κ3) is 6.20. The zero-order valence-corrected chi connectivity index (χ0v) is 16.5. The highest BCUT2D eigenvalue weighted by molar-refractivity contribution is 14.0. The highest BCUT2D eigenvalue weighted by atomic mass is 127. The number of nitrogens with two attached hydrogens (primary N) is 1. The van der Waals surface area contributed by atoms with Gasteiger partial charge in [-0.15, -0.1) is 24.0 Å². The second kappa shape index (κ2) is 9.27. The van der Waals surface area contributed by atoms with Gasteiger partial charge >= 0.3 is 0 Å². The summed E-state index contributed by atoms with van der Waals surface area (Å²) in [5.41, 5.74) is 5.87. The van der Waals surface area contributed by atoms with Crippen LogP contribution in [0.1, 0.15) is 52.9 Å². The molecule has 130 valence electrons. The van der Waals surface area contributed by atoms with Gasteiger partial charge in [0, 0.05) is 19.4 Å². The second-order valence-corrected chi connectivity index (χ2v) is 6.98. The molecule has 1 aliphatic carbocycles. The summed E-state index contributed by atoms with van der Waals surface area (Å²) in [5.74, 6) is 1.65. The van der Waals surface area contributed by atoms with Crippen LogP contribution in [0.4, 0.5) is 0 Å². The molecule has 0 aromatic rings. The zero-order valence-electron chi connectivity index (χ0n) is 14.1. The van der Waals surface area contributed by atoms with E-state index in [9.17, 15) is 0 Å². The quantitative estimate of drug-likeness (QED) is 0.404. The average Bonchev–Trinajstić information content (AvgIpc) is 2.83. The Bertz CT molecular complexity index is 355. The lowest BCUT2D eigenvalue weighted by molar-refractivity contribution is -0.190. The van der Waals surface area contributed by atoms with Crippen LogP contribution in [0.3, 0.4) is 0 Å². The van der Waals surface area contributed by atoms with Crippen LogP contribution >= 0.6 is 24.0 Å². The summed E-state index contributed by atoms with van der Waals surface area (Å²) in [6.07, 6.45) is 5.54. The summed E-state index contributed by atoms with van der Waals surface area (Å²) in [5, 5.41) is 3.15. The summed E-state index contributed by atoms with van der Waals surface area (Å²) < 4.78 is 12.1. The number of halogens is 1. The molecule has 2 aliphatic rings. The summed E-state index contributed by atoms with van der Waals surface area (Å²) in [4.78, 5) is 4.37. The van der Waals surface area contributed by atoms with E-state index in [-0.39, 0.29) is 35.9 Å². The van der Waals surface area contributed by atoms with Crippen molar-refractivity contribution in [3.8, 4) is 0 Å². The normalized spacial score (nSPS) is 32.3. The van der Waals surface area contributed by atoms with Crippen LogP contribution in [0.25, 0.3) is 0 Å². The molecule has 1 spiro atoms. The molecule has 0 bridgehead atoms. The van der Waals surface area contributed by atoms with E-state index in [1.165, 1.54) is 12.8 Å². The molecule has 1 atom stereocenters. The number of aliphatic imine (C=N–C) groups is 1. The standard InChI is InChI=1S/C16H31N3O2.HI/c1-12(2)6-9-18-15(17)19-10-14-11-20-16(21-14)7-4-13(3)5-8-16;/h12-14H,4-11H2,1-3H3,(H3,17,18,19);1H. The SMILES string of the molecule is CC(C)CCNC(N)=NCC1COC2(CCC(C)CC2)O1.I. The average molecular weight is 425 g/mol. The minimum absolute atomic E-state index is 0. The Balaban J connectivity index is 0.00000242.